The first kappa shape index (κ1) is 15.9. The van der Waals surface area contributed by atoms with E-state index in [4.69, 9.17) is 4.42 Å². The predicted octanol–water partition coefficient (Wildman–Crippen LogP) is 4.10. The molecule has 7 heteroatoms. The fourth-order valence-corrected chi connectivity index (χ4v) is 2.45. The summed E-state index contributed by atoms with van der Waals surface area (Å²) in [6, 6.07) is 6.85. The van der Waals surface area contributed by atoms with Crippen molar-refractivity contribution >= 4 is 23.4 Å². The number of benzene rings is 1. The molecule has 1 amide bonds. The summed E-state index contributed by atoms with van der Waals surface area (Å²) in [4.78, 5) is 21.7. The summed E-state index contributed by atoms with van der Waals surface area (Å²) >= 11 is 0. The molecule has 1 fully saturated rings. The van der Waals surface area contributed by atoms with E-state index < -0.39 is 22.3 Å². The average Bonchev–Trinajstić information content (AvgIpc) is 3.08. The van der Waals surface area contributed by atoms with Crippen LogP contribution in [0.3, 0.4) is 0 Å². The Morgan fingerprint density at radius 1 is 1.42 bits per heavy atom. The molecule has 0 radical (unpaired) electrons. The van der Waals surface area contributed by atoms with E-state index in [1.165, 1.54) is 18.2 Å². The zero-order chi connectivity index (χ0) is 17.3. The number of halogens is 1. The molecule has 1 aromatic heterocycles. The number of carbonyl (C=O) groups excluding carboxylic acids is 1. The van der Waals surface area contributed by atoms with Gasteiger partial charge in [-0.15, -0.1) is 0 Å². The molecule has 124 valence electrons. The van der Waals surface area contributed by atoms with Crippen molar-refractivity contribution in [2.75, 3.05) is 5.32 Å². The largest absolute Gasteiger partial charge is 0.461 e. The Labute approximate surface area is 137 Å². The topological polar surface area (TPSA) is 85.4 Å². The van der Waals surface area contributed by atoms with E-state index in [1.54, 1.807) is 6.07 Å². The van der Waals surface area contributed by atoms with Gasteiger partial charge in [0.2, 0.25) is 11.7 Å². The number of carbonyl (C=O) groups is 1. The van der Waals surface area contributed by atoms with E-state index in [0.29, 0.717) is 17.6 Å². The van der Waals surface area contributed by atoms with Crippen LogP contribution in [-0.4, -0.2) is 10.8 Å². The molecule has 2 unspecified atom stereocenters. The first-order chi connectivity index (χ1) is 11.4. The van der Waals surface area contributed by atoms with Crippen LogP contribution in [0, 0.1) is 21.8 Å². The molecule has 3 rings (SSSR count). The maximum atomic E-state index is 13.2. The average molecular weight is 330 g/mol. The van der Waals surface area contributed by atoms with Gasteiger partial charge >= 0.3 is 5.69 Å². The molecule has 1 aromatic carbocycles. The van der Waals surface area contributed by atoms with Gasteiger partial charge < -0.3 is 9.73 Å². The predicted molar refractivity (Wildman–Crippen MR) is 85.9 cm³/mol. The highest BCUT2D eigenvalue weighted by Gasteiger charge is 2.36. The van der Waals surface area contributed by atoms with Gasteiger partial charge in [-0.1, -0.05) is 6.92 Å². The summed E-state index contributed by atoms with van der Waals surface area (Å²) in [5, 5.41) is 13.1. The zero-order valence-electron chi connectivity index (χ0n) is 12.9. The molecule has 0 aliphatic heterocycles. The summed E-state index contributed by atoms with van der Waals surface area (Å²) in [6.07, 6.45) is 3.89. The van der Waals surface area contributed by atoms with Crippen LogP contribution in [-0.2, 0) is 4.79 Å². The van der Waals surface area contributed by atoms with Gasteiger partial charge in [-0.3, -0.25) is 14.9 Å². The molecule has 1 N–H and O–H groups in total. The molecule has 1 aliphatic carbocycles. The number of nitro groups is 1. The lowest BCUT2D eigenvalue weighted by Crippen LogP contribution is -2.08. The molecule has 24 heavy (non-hydrogen) atoms. The molecule has 2 atom stereocenters. The number of nitro benzene ring substituents is 1. The van der Waals surface area contributed by atoms with E-state index in [2.05, 4.69) is 12.2 Å². The summed E-state index contributed by atoms with van der Waals surface area (Å²) in [5.74, 6) is 1.12. The van der Waals surface area contributed by atoms with Crippen molar-refractivity contribution in [2.45, 2.75) is 19.3 Å². The normalized spacial score (nSPS) is 19.4. The second-order valence-electron chi connectivity index (χ2n) is 5.81. The number of rotatable bonds is 5. The van der Waals surface area contributed by atoms with E-state index >= 15 is 0 Å². The van der Waals surface area contributed by atoms with Crippen LogP contribution in [0.5, 0.6) is 0 Å². The zero-order valence-corrected chi connectivity index (χ0v) is 12.9. The lowest BCUT2D eigenvalue weighted by molar-refractivity contribution is -0.387. The van der Waals surface area contributed by atoms with Crippen molar-refractivity contribution in [3.8, 4) is 0 Å². The molecule has 1 heterocycles. The molecule has 1 saturated carbocycles. The molecule has 0 bridgehead atoms. The third-order valence-electron chi connectivity index (χ3n) is 3.93. The van der Waals surface area contributed by atoms with Gasteiger partial charge in [-0.05, 0) is 42.7 Å². The first-order valence-corrected chi connectivity index (χ1v) is 7.47. The van der Waals surface area contributed by atoms with Gasteiger partial charge in [-0.2, -0.15) is 4.39 Å². The van der Waals surface area contributed by atoms with Gasteiger partial charge in [0.15, 0.2) is 0 Å². The standard InChI is InChI=1S/C17H15FN2O4/c1-10-8-13(10)16-6-3-12(24-16)4-7-17(21)19-11-2-5-14(18)15(9-11)20(22)23/h2-7,9-10,13H,8H2,1H3,(H,19,21)/b7-4+. The quantitative estimate of drug-likeness (QED) is 0.508. The smallest absolute Gasteiger partial charge is 0.306 e. The van der Waals surface area contributed by atoms with Crippen LogP contribution in [0.1, 0.15) is 30.8 Å². The Balaban J connectivity index is 1.64. The fourth-order valence-electron chi connectivity index (χ4n) is 2.45. The molecule has 2 aromatic rings. The fraction of sp³-hybridized carbons (Fsp3) is 0.235. The number of nitrogens with zero attached hydrogens (tertiary/aromatic N) is 1. The number of furan rings is 1. The Morgan fingerprint density at radius 2 is 2.17 bits per heavy atom. The molecular formula is C17H15FN2O4. The molecule has 1 aliphatic rings. The van der Waals surface area contributed by atoms with Crippen molar-refractivity contribution in [3.63, 3.8) is 0 Å². The second-order valence-corrected chi connectivity index (χ2v) is 5.81. The second kappa shape index (κ2) is 6.27. The van der Waals surface area contributed by atoms with Gasteiger partial charge in [0.25, 0.3) is 0 Å². The molecule has 6 nitrogen and oxygen atoms in total. The summed E-state index contributed by atoms with van der Waals surface area (Å²) in [7, 11) is 0. The van der Waals surface area contributed by atoms with Crippen molar-refractivity contribution in [1.29, 1.82) is 0 Å². The number of anilines is 1. The summed E-state index contributed by atoms with van der Waals surface area (Å²) in [6.45, 7) is 2.15. The van der Waals surface area contributed by atoms with Crippen LogP contribution in [0.4, 0.5) is 15.8 Å². The Kier molecular flexibility index (Phi) is 4.16. The van der Waals surface area contributed by atoms with Gasteiger partial charge in [0, 0.05) is 23.7 Å². The van der Waals surface area contributed by atoms with Crippen LogP contribution in [0.15, 0.2) is 40.8 Å². The lowest BCUT2D eigenvalue weighted by Gasteiger charge is -2.02. The number of nitrogens with one attached hydrogen (secondary N) is 1. The Hall–Kier alpha value is -2.96. The van der Waals surface area contributed by atoms with E-state index in [9.17, 15) is 19.3 Å². The van der Waals surface area contributed by atoms with Gasteiger partial charge in [0.05, 0.1) is 4.92 Å². The van der Waals surface area contributed by atoms with E-state index in [0.717, 1.165) is 24.3 Å². The van der Waals surface area contributed by atoms with Crippen LogP contribution in [0.2, 0.25) is 0 Å². The molecule has 0 saturated heterocycles. The van der Waals surface area contributed by atoms with Crippen LogP contribution >= 0.6 is 0 Å². The van der Waals surface area contributed by atoms with Crippen LogP contribution in [0.25, 0.3) is 6.08 Å². The third-order valence-corrected chi connectivity index (χ3v) is 3.93. The van der Waals surface area contributed by atoms with Crippen molar-refractivity contribution < 1.29 is 18.5 Å². The number of hydrogen-bond acceptors (Lipinski definition) is 4. The number of amides is 1. The molecule has 0 spiro atoms. The van der Waals surface area contributed by atoms with Crippen molar-refractivity contribution in [3.05, 3.63) is 63.9 Å². The van der Waals surface area contributed by atoms with Crippen molar-refractivity contribution in [1.82, 2.24) is 0 Å². The number of hydrogen-bond donors (Lipinski definition) is 1. The van der Waals surface area contributed by atoms with E-state index in [1.807, 2.05) is 6.07 Å². The summed E-state index contributed by atoms with van der Waals surface area (Å²) in [5.41, 5.74) is -0.546. The maximum Gasteiger partial charge on any atom is 0.306 e. The minimum Gasteiger partial charge on any atom is -0.461 e. The minimum absolute atomic E-state index is 0.143. The third kappa shape index (κ3) is 3.51. The first-order valence-electron chi connectivity index (χ1n) is 7.47. The highest BCUT2D eigenvalue weighted by atomic mass is 19.1. The van der Waals surface area contributed by atoms with Gasteiger partial charge in [-0.25, -0.2) is 0 Å². The highest BCUT2D eigenvalue weighted by molar-refractivity contribution is 6.01. The lowest BCUT2D eigenvalue weighted by atomic mass is 10.2. The molecular weight excluding hydrogens is 315 g/mol. The minimum atomic E-state index is -0.953. The summed E-state index contributed by atoms with van der Waals surface area (Å²) < 4.78 is 18.9. The highest BCUT2D eigenvalue weighted by Crippen LogP contribution is 2.47. The Bertz CT molecular complexity index is 828. The van der Waals surface area contributed by atoms with E-state index in [-0.39, 0.29) is 5.69 Å². The van der Waals surface area contributed by atoms with Crippen molar-refractivity contribution in [2.24, 2.45) is 5.92 Å². The van der Waals surface area contributed by atoms with Crippen LogP contribution < -0.4 is 5.32 Å². The SMILES string of the molecule is CC1CC1c1ccc(/C=C/C(=O)Nc2ccc(F)c([N+](=O)[O-])c2)o1. The Morgan fingerprint density at radius 3 is 2.83 bits per heavy atom. The monoisotopic (exact) mass is 330 g/mol. The maximum absolute atomic E-state index is 13.2. The van der Waals surface area contributed by atoms with Gasteiger partial charge in [0.1, 0.15) is 11.5 Å².